The summed E-state index contributed by atoms with van der Waals surface area (Å²) >= 11 is 0. The van der Waals surface area contributed by atoms with Crippen LogP contribution in [0.1, 0.15) is 61.1 Å². The van der Waals surface area contributed by atoms with Crippen molar-refractivity contribution in [3.05, 3.63) is 23.3 Å². The fourth-order valence-electron chi connectivity index (χ4n) is 3.58. The molecular weight excluding hydrogens is 302 g/mol. The zero-order chi connectivity index (χ0) is 24.3. The Bertz CT molecular complexity index is 882. The lowest BCUT2D eigenvalue weighted by Crippen LogP contribution is -2.46. The molecule has 0 N–H and O–H groups in total. The number of methoxy groups -OCH3 is 2. The lowest BCUT2D eigenvalue weighted by molar-refractivity contribution is -0.129. The van der Waals surface area contributed by atoms with E-state index in [1.54, 1.807) is 7.11 Å². The summed E-state index contributed by atoms with van der Waals surface area (Å²) < 4.78 is 75.6. The van der Waals surface area contributed by atoms with E-state index in [1.165, 1.54) is 7.11 Å². The number of carbonyl (C=O) groups excluding carboxylic acids is 1. The van der Waals surface area contributed by atoms with Gasteiger partial charge in [-0.2, -0.15) is 0 Å². The van der Waals surface area contributed by atoms with E-state index in [9.17, 15) is 4.79 Å². The minimum absolute atomic E-state index is 0.0591. The largest absolute Gasteiger partial charge is 0.493 e. The monoisotopic (exact) mass is 339 g/mol. The summed E-state index contributed by atoms with van der Waals surface area (Å²) in [6.07, 6.45) is -5.07. The molecule has 0 aliphatic carbocycles. The van der Waals surface area contributed by atoms with Crippen molar-refractivity contribution in [3.8, 4) is 11.5 Å². The van der Waals surface area contributed by atoms with E-state index >= 15 is 0 Å². The van der Waals surface area contributed by atoms with Crippen molar-refractivity contribution < 1.29 is 25.2 Å². The van der Waals surface area contributed by atoms with Gasteiger partial charge in [0.15, 0.2) is 11.5 Å². The van der Waals surface area contributed by atoms with Crippen LogP contribution < -0.4 is 9.47 Å². The third-order valence-corrected chi connectivity index (χ3v) is 4.88. The van der Waals surface area contributed by atoms with Crippen molar-refractivity contribution in [2.75, 3.05) is 27.3 Å². The van der Waals surface area contributed by atoms with Gasteiger partial charge in [0.05, 0.1) is 14.2 Å². The Balaban J connectivity index is 1.99. The molecule has 0 spiro atoms. The summed E-state index contributed by atoms with van der Waals surface area (Å²) in [5.41, 5.74) is 1.88. The molecule has 4 nitrogen and oxygen atoms in total. The molecule has 0 saturated carbocycles. The normalized spacial score (nSPS) is 32.9. The predicted molar refractivity (Wildman–Crippen MR) is 94.8 cm³/mol. The van der Waals surface area contributed by atoms with Crippen LogP contribution >= 0.6 is 0 Å². The molecule has 3 unspecified atom stereocenters. The van der Waals surface area contributed by atoms with Gasteiger partial charge in [0.1, 0.15) is 5.78 Å². The molecule has 2 heterocycles. The van der Waals surface area contributed by atoms with Crippen LogP contribution in [0.25, 0.3) is 0 Å². The summed E-state index contributed by atoms with van der Waals surface area (Å²) in [7, 11) is 3.06. The van der Waals surface area contributed by atoms with Crippen LogP contribution in [0.15, 0.2) is 12.1 Å². The molecule has 1 fully saturated rings. The second-order valence-corrected chi connectivity index (χ2v) is 6.16. The number of fused-ring (bicyclic) bond motifs is 3. The highest BCUT2D eigenvalue weighted by Crippen LogP contribution is 2.42. The minimum Gasteiger partial charge on any atom is -0.493 e. The summed E-state index contributed by atoms with van der Waals surface area (Å²) in [5, 5.41) is 0. The summed E-state index contributed by atoms with van der Waals surface area (Å²) in [6.45, 7) is -1.96. The van der Waals surface area contributed by atoms with Crippen molar-refractivity contribution in [2.24, 2.45) is 11.8 Å². The molecule has 0 radical (unpaired) electrons. The Kier molecular flexibility index (Phi) is 2.92. The zero-order valence-electron chi connectivity index (χ0n) is 22.3. The van der Waals surface area contributed by atoms with Gasteiger partial charge in [0.25, 0.3) is 0 Å². The van der Waals surface area contributed by atoms with Crippen LogP contribution in [0.3, 0.4) is 0 Å². The van der Waals surface area contributed by atoms with Gasteiger partial charge >= 0.3 is 0 Å². The number of rotatable bonds is 5. The van der Waals surface area contributed by atoms with Crippen LogP contribution in [0.5, 0.6) is 11.5 Å². The summed E-state index contributed by atoms with van der Waals surface area (Å²) in [5.74, 6) is -3.97. The van der Waals surface area contributed by atoms with E-state index in [0.29, 0.717) is 24.5 Å². The number of nitrogens with zero attached hydrogens (tertiary/aromatic N) is 1. The number of hydrogen-bond donors (Lipinski definition) is 0. The van der Waals surface area contributed by atoms with Crippen LogP contribution in [0.4, 0.5) is 0 Å². The number of Topliss-reactive ketones (excluding diaryl/α,β-unsaturated/α-hetero) is 1. The van der Waals surface area contributed by atoms with Crippen molar-refractivity contribution in [3.63, 3.8) is 0 Å². The molecule has 0 bridgehead atoms. The highest BCUT2D eigenvalue weighted by atomic mass is 16.5. The smallest absolute Gasteiger partial charge is 0.161 e. The maximum atomic E-state index is 13.2. The van der Waals surface area contributed by atoms with Gasteiger partial charge in [0, 0.05) is 42.4 Å². The topological polar surface area (TPSA) is 38.8 Å². The van der Waals surface area contributed by atoms with Gasteiger partial charge in [-0.1, -0.05) is 20.1 Å². The molecule has 2 aliphatic heterocycles. The van der Waals surface area contributed by atoms with E-state index in [1.807, 2.05) is 17.0 Å². The SMILES string of the molecule is [2H]C([2H])([2H])C([2H])(C([2H])([2H])C)C([2H])([2H])C1CN2CCc3cc(OC)c(OC)cc3C2CC1=O. The molecule has 3 rings (SSSR count). The Hall–Kier alpha value is -1.55. The Morgan fingerprint density at radius 3 is 2.83 bits per heavy atom. The van der Waals surface area contributed by atoms with Crippen LogP contribution in [0, 0.1) is 11.8 Å². The highest BCUT2D eigenvalue weighted by Gasteiger charge is 2.38. The fraction of sp³-hybridized carbons (Fsp3) is 0.650. The summed E-state index contributed by atoms with van der Waals surface area (Å²) in [6, 6.07) is 3.36. The average molecular weight is 340 g/mol. The van der Waals surface area contributed by atoms with E-state index in [4.69, 9.17) is 20.4 Å². The molecule has 0 amide bonds. The lowest BCUT2D eigenvalue weighted by atomic mass is 9.79. The molecule has 2 aliphatic rings. The third-order valence-electron chi connectivity index (χ3n) is 4.88. The maximum Gasteiger partial charge on any atom is 0.161 e. The molecule has 0 aromatic heterocycles. The standard InChI is InChI=1S/C20H29NO3/c1-5-13(2)8-15-12-21-7-6-14-9-19(23-3)20(24-4)10-16(14)17(21)11-18(15)22/h9-10,13,15,17H,5-8,11-12H2,1-4H3/i2D3,5D2,8D2,13D. The third kappa shape index (κ3) is 3.16. The predicted octanol–water partition coefficient (Wildman–Crippen LogP) is 3.63. The molecule has 132 valence electrons. The lowest BCUT2D eigenvalue weighted by Gasteiger charge is -2.43. The van der Waals surface area contributed by atoms with Crippen LogP contribution in [-0.4, -0.2) is 38.0 Å². The zero-order valence-corrected chi connectivity index (χ0v) is 14.3. The van der Waals surface area contributed by atoms with Gasteiger partial charge in [0.2, 0.25) is 0 Å². The quantitative estimate of drug-likeness (QED) is 0.821. The Morgan fingerprint density at radius 2 is 2.17 bits per heavy atom. The molecule has 1 aromatic rings. The number of carbonyl (C=O) groups is 1. The first-order valence-corrected chi connectivity index (χ1v) is 8.11. The average Bonchev–Trinajstić information content (AvgIpc) is 2.69. The van der Waals surface area contributed by atoms with Crippen molar-refractivity contribution in [1.29, 1.82) is 0 Å². The van der Waals surface area contributed by atoms with Crippen molar-refractivity contribution >= 4 is 5.78 Å². The van der Waals surface area contributed by atoms with E-state index in [-0.39, 0.29) is 19.0 Å². The second-order valence-electron chi connectivity index (χ2n) is 6.16. The minimum atomic E-state index is -3.27. The van der Waals surface area contributed by atoms with Gasteiger partial charge < -0.3 is 9.47 Å². The van der Waals surface area contributed by atoms with E-state index < -0.39 is 37.2 Å². The number of benzene rings is 1. The molecule has 4 heteroatoms. The molecule has 1 aromatic carbocycles. The first kappa shape index (κ1) is 9.81. The first-order valence-electron chi connectivity index (χ1n) is 12.1. The molecule has 1 saturated heterocycles. The number of hydrogen-bond acceptors (Lipinski definition) is 4. The second kappa shape index (κ2) is 7.14. The van der Waals surface area contributed by atoms with Gasteiger partial charge in [-0.15, -0.1) is 0 Å². The van der Waals surface area contributed by atoms with Crippen molar-refractivity contribution in [1.82, 2.24) is 4.90 Å². The van der Waals surface area contributed by atoms with Gasteiger partial charge in [-0.05, 0) is 41.9 Å². The molecular formula is C20H29NO3. The highest BCUT2D eigenvalue weighted by molar-refractivity contribution is 5.83. The number of ketones is 1. The van der Waals surface area contributed by atoms with E-state index in [2.05, 4.69) is 0 Å². The maximum absolute atomic E-state index is 13.2. The van der Waals surface area contributed by atoms with Gasteiger partial charge in [-0.25, -0.2) is 0 Å². The van der Waals surface area contributed by atoms with Crippen molar-refractivity contribution in [2.45, 2.75) is 45.4 Å². The van der Waals surface area contributed by atoms with Crippen LogP contribution in [-0.2, 0) is 11.2 Å². The summed E-state index contributed by atoms with van der Waals surface area (Å²) in [4.78, 5) is 15.1. The van der Waals surface area contributed by atoms with Gasteiger partial charge in [-0.3, -0.25) is 9.69 Å². The Labute approximate surface area is 156 Å². The van der Waals surface area contributed by atoms with E-state index in [0.717, 1.165) is 18.1 Å². The van der Waals surface area contributed by atoms with Crippen LogP contribution in [0.2, 0.25) is 0 Å². The number of piperidine rings is 1. The first-order chi connectivity index (χ1) is 14.6. The number of ether oxygens (including phenoxy) is 2. The Morgan fingerprint density at radius 1 is 1.42 bits per heavy atom. The molecule has 3 atom stereocenters. The fourth-order valence-corrected chi connectivity index (χ4v) is 3.58. The molecule has 24 heavy (non-hydrogen) atoms.